The third-order valence-electron chi connectivity index (χ3n) is 2.30. The average Bonchev–Trinajstić information content (AvgIpc) is 2.28. The van der Waals surface area contributed by atoms with Gasteiger partial charge in [-0.25, -0.2) is 4.98 Å². The van der Waals surface area contributed by atoms with Crippen LogP contribution in [0.3, 0.4) is 0 Å². The van der Waals surface area contributed by atoms with Crippen LogP contribution < -0.4 is 4.74 Å². The summed E-state index contributed by atoms with van der Waals surface area (Å²) < 4.78 is 10.4. The van der Waals surface area contributed by atoms with E-state index >= 15 is 0 Å². The first-order valence-corrected chi connectivity index (χ1v) is 5.81. The van der Waals surface area contributed by atoms with Gasteiger partial charge >= 0.3 is 5.97 Å². The Hall–Kier alpha value is -1.84. The summed E-state index contributed by atoms with van der Waals surface area (Å²) in [6.07, 6.45) is 5.76. The van der Waals surface area contributed by atoms with Crippen molar-refractivity contribution in [3.63, 3.8) is 0 Å². The van der Waals surface area contributed by atoms with Gasteiger partial charge in [0, 0.05) is 12.3 Å². The van der Waals surface area contributed by atoms with Gasteiger partial charge in [0.2, 0.25) is 5.88 Å². The highest BCUT2D eigenvalue weighted by molar-refractivity contribution is 5.70. The second-order valence-electron chi connectivity index (χ2n) is 4.54. The van der Waals surface area contributed by atoms with E-state index in [0.29, 0.717) is 5.88 Å². The number of rotatable bonds is 5. The minimum Gasteiger partial charge on any atom is -0.471 e. The monoisotopic (exact) mass is 249 g/mol. The number of esters is 1. The zero-order valence-corrected chi connectivity index (χ0v) is 11.3. The van der Waals surface area contributed by atoms with E-state index in [-0.39, 0.29) is 12.4 Å². The van der Waals surface area contributed by atoms with E-state index in [1.165, 1.54) is 7.11 Å². The molecule has 0 fully saturated rings. The number of methoxy groups -OCH3 is 1. The van der Waals surface area contributed by atoms with Crippen LogP contribution in [0.1, 0.15) is 32.8 Å². The van der Waals surface area contributed by atoms with Crippen molar-refractivity contribution in [2.45, 2.75) is 32.8 Å². The molecule has 0 bridgehead atoms. The number of pyridine rings is 1. The Kier molecular flexibility index (Phi) is 4.89. The number of hydrogen-bond acceptors (Lipinski definition) is 4. The van der Waals surface area contributed by atoms with Crippen molar-refractivity contribution in [2.75, 3.05) is 7.11 Å². The van der Waals surface area contributed by atoms with Gasteiger partial charge < -0.3 is 9.47 Å². The number of carbonyl (C=O) groups excluding carboxylic acids is 1. The summed E-state index contributed by atoms with van der Waals surface area (Å²) in [5.74, 6) is 0.198. The summed E-state index contributed by atoms with van der Waals surface area (Å²) in [7, 11) is 1.36. The molecule has 98 valence electrons. The van der Waals surface area contributed by atoms with E-state index in [4.69, 9.17) is 4.74 Å². The molecular weight excluding hydrogens is 230 g/mol. The Morgan fingerprint density at radius 2 is 2.22 bits per heavy atom. The SMILES string of the molecule is CC=Cc1ccnc(OC(C)(C)CC(=O)OC)c1. The molecule has 18 heavy (non-hydrogen) atoms. The normalized spacial score (nSPS) is 11.6. The lowest BCUT2D eigenvalue weighted by Gasteiger charge is -2.24. The van der Waals surface area contributed by atoms with Crippen LogP contribution in [0.5, 0.6) is 5.88 Å². The molecule has 0 saturated heterocycles. The summed E-state index contributed by atoms with van der Waals surface area (Å²) in [6.45, 7) is 5.60. The Labute approximate surface area is 108 Å². The third-order valence-corrected chi connectivity index (χ3v) is 2.30. The number of nitrogens with zero attached hydrogens (tertiary/aromatic N) is 1. The van der Waals surface area contributed by atoms with Crippen molar-refractivity contribution in [3.05, 3.63) is 30.0 Å². The molecule has 0 amide bonds. The van der Waals surface area contributed by atoms with Crippen LogP contribution in [0.4, 0.5) is 0 Å². The third kappa shape index (κ3) is 4.57. The molecule has 0 saturated carbocycles. The standard InChI is InChI=1S/C14H19NO3/c1-5-6-11-7-8-15-12(9-11)18-14(2,3)10-13(16)17-4/h5-9H,10H2,1-4H3. The highest BCUT2D eigenvalue weighted by Crippen LogP contribution is 2.20. The smallest absolute Gasteiger partial charge is 0.309 e. The maximum Gasteiger partial charge on any atom is 0.309 e. The van der Waals surface area contributed by atoms with Crippen molar-refractivity contribution in [1.82, 2.24) is 4.98 Å². The molecule has 0 aromatic carbocycles. The van der Waals surface area contributed by atoms with Gasteiger partial charge in [-0.2, -0.15) is 0 Å². The van der Waals surface area contributed by atoms with E-state index in [9.17, 15) is 4.79 Å². The number of aromatic nitrogens is 1. The molecule has 4 nitrogen and oxygen atoms in total. The van der Waals surface area contributed by atoms with Crippen LogP contribution in [0.2, 0.25) is 0 Å². The lowest BCUT2D eigenvalue weighted by atomic mass is 10.1. The fraction of sp³-hybridized carbons (Fsp3) is 0.429. The molecule has 1 aromatic heterocycles. The van der Waals surface area contributed by atoms with Gasteiger partial charge in [0.25, 0.3) is 0 Å². The highest BCUT2D eigenvalue weighted by atomic mass is 16.5. The maximum atomic E-state index is 11.3. The summed E-state index contributed by atoms with van der Waals surface area (Å²) in [5.41, 5.74) is 0.366. The minimum atomic E-state index is -0.644. The van der Waals surface area contributed by atoms with E-state index < -0.39 is 5.60 Å². The fourth-order valence-electron chi connectivity index (χ4n) is 1.52. The molecule has 0 aliphatic rings. The Morgan fingerprint density at radius 3 is 2.83 bits per heavy atom. The summed E-state index contributed by atoms with van der Waals surface area (Å²) in [4.78, 5) is 15.4. The predicted molar refractivity (Wildman–Crippen MR) is 70.3 cm³/mol. The molecule has 4 heteroatoms. The highest BCUT2D eigenvalue weighted by Gasteiger charge is 2.25. The van der Waals surface area contributed by atoms with Crippen molar-refractivity contribution < 1.29 is 14.3 Å². The lowest BCUT2D eigenvalue weighted by molar-refractivity contribution is -0.144. The van der Waals surface area contributed by atoms with Crippen LogP contribution in [0, 0.1) is 0 Å². The summed E-state index contributed by atoms with van der Waals surface area (Å²) >= 11 is 0. The van der Waals surface area contributed by atoms with Crippen molar-refractivity contribution in [1.29, 1.82) is 0 Å². The van der Waals surface area contributed by atoms with Gasteiger partial charge in [-0.15, -0.1) is 0 Å². The van der Waals surface area contributed by atoms with Gasteiger partial charge in [-0.05, 0) is 32.4 Å². The first-order valence-electron chi connectivity index (χ1n) is 5.81. The van der Waals surface area contributed by atoms with Crippen molar-refractivity contribution >= 4 is 12.0 Å². The molecule has 0 unspecified atom stereocenters. The second kappa shape index (κ2) is 6.19. The van der Waals surface area contributed by atoms with Crippen LogP contribution in [0.25, 0.3) is 6.08 Å². The first kappa shape index (κ1) is 14.2. The van der Waals surface area contributed by atoms with Crippen LogP contribution in [-0.2, 0) is 9.53 Å². The molecule has 0 radical (unpaired) electrons. The maximum absolute atomic E-state index is 11.3. The number of allylic oxidation sites excluding steroid dienone is 1. The van der Waals surface area contributed by atoms with Crippen LogP contribution in [0.15, 0.2) is 24.4 Å². The predicted octanol–water partition coefficient (Wildman–Crippen LogP) is 2.84. The molecule has 0 N–H and O–H groups in total. The van der Waals surface area contributed by atoms with Crippen molar-refractivity contribution in [2.24, 2.45) is 0 Å². The van der Waals surface area contributed by atoms with Crippen LogP contribution in [-0.4, -0.2) is 23.7 Å². The number of hydrogen-bond donors (Lipinski definition) is 0. The van der Waals surface area contributed by atoms with E-state index in [0.717, 1.165) is 5.56 Å². The fourth-order valence-corrected chi connectivity index (χ4v) is 1.52. The van der Waals surface area contributed by atoms with Crippen LogP contribution >= 0.6 is 0 Å². The van der Waals surface area contributed by atoms with E-state index in [1.54, 1.807) is 6.20 Å². The topological polar surface area (TPSA) is 48.4 Å². The van der Waals surface area contributed by atoms with Gasteiger partial charge in [-0.1, -0.05) is 12.2 Å². The Bertz CT molecular complexity index is 438. The van der Waals surface area contributed by atoms with Crippen molar-refractivity contribution in [3.8, 4) is 5.88 Å². The van der Waals surface area contributed by atoms with Gasteiger partial charge in [0.15, 0.2) is 0 Å². The molecule has 1 rings (SSSR count). The van der Waals surface area contributed by atoms with E-state index in [1.807, 2.05) is 45.1 Å². The zero-order valence-electron chi connectivity index (χ0n) is 11.3. The Morgan fingerprint density at radius 1 is 1.50 bits per heavy atom. The molecule has 0 atom stereocenters. The van der Waals surface area contributed by atoms with Gasteiger partial charge in [-0.3, -0.25) is 4.79 Å². The zero-order chi connectivity index (χ0) is 13.6. The molecule has 0 spiro atoms. The molecule has 1 heterocycles. The number of carbonyl (C=O) groups is 1. The summed E-state index contributed by atoms with van der Waals surface area (Å²) in [5, 5.41) is 0. The lowest BCUT2D eigenvalue weighted by Crippen LogP contribution is -2.32. The molecule has 1 aromatic rings. The van der Waals surface area contributed by atoms with Gasteiger partial charge in [0.1, 0.15) is 5.60 Å². The summed E-state index contributed by atoms with van der Waals surface area (Å²) in [6, 6.07) is 3.72. The second-order valence-corrected chi connectivity index (χ2v) is 4.54. The average molecular weight is 249 g/mol. The molecule has 0 aliphatic carbocycles. The largest absolute Gasteiger partial charge is 0.471 e. The Balaban J connectivity index is 2.76. The molecular formula is C14H19NO3. The molecule has 0 aliphatic heterocycles. The van der Waals surface area contributed by atoms with E-state index in [2.05, 4.69) is 9.72 Å². The minimum absolute atomic E-state index is 0.180. The quantitative estimate of drug-likeness (QED) is 0.753. The number of ether oxygens (including phenoxy) is 2. The van der Waals surface area contributed by atoms with Gasteiger partial charge in [0.05, 0.1) is 13.5 Å². The first-order chi connectivity index (χ1) is 8.46.